The number of nitrogens with zero attached hydrogens (tertiary/aromatic N) is 4. The van der Waals surface area contributed by atoms with Gasteiger partial charge in [-0.2, -0.15) is 0 Å². The van der Waals surface area contributed by atoms with Crippen LogP contribution in [0.4, 0.5) is 10.3 Å². The molecule has 0 saturated carbocycles. The Balaban J connectivity index is 1.40. The maximum atomic E-state index is 13.9. The predicted molar refractivity (Wildman–Crippen MR) is 103 cm³/mol. The summed E-state index contributed by atoms with van der Waals surface area (Å²) in [5.41, 5.74) is 9.62. The third kappa shape index (κ3) is 2.82. The Morgan fingerprint density at radius 1 is 1.22 bits per heavy atom. The van der Waals surface area contributed by atoms with Crippen LogP contribution in [0, 0.1) is 11.2 Å². The molecule has 27 heavy (non-hydrogen) atoms. The number of halogens is 1. The highest BCUT2D eigenvalue weighted by Gasteiger charge is 2.55. The summed E-state index contributed by atoms with van der Waals surface area (Å²) in [5, 5.41) is 0. The highest BCUT2D eigenvalue weighted by molar-refractivity contribution is 5.34. The molecule has 2 atom stereocenters. The van der Waals surface area contributed by atoms with E-state index in [0.717, 1.165) is 44.7 Å². The number of aryl methyl sites for hydroxylation is 1. The Morgan fingerprint density at radius 3 is 2.89 bits per heavy atom. The lowest BCUT2D eigenvalue weighted by atomic mass is 9.68. The van der Waals surface area contributed by atoms with Crippen LogP contribution in [0.25, 0.3) is 0 Å². The van der Waals surface area contributed by atoms with Gasteiger partial charge in [0.25, 0.3) is 0 Å². The van der Waals surface area contributed by atoms with Gasteiger partial charge in [-0.3, -0.25) is 4.90 Å². The number of nitrogen functional groups attached to an aromatic ring is 1. The average Bonchev–Trinajstić information content (AvgIpc) is 2.98. The van der Waals surface area contributed by atoms with Crippen molar-refractivity contribution in [1.29, 1.82) is 0 Å². The summed E-state index contributed by atoms with van der Waals surface area (Å²) in [6.45, 7) is 4.14. The van der Waals surface area contributed by atoms with Crippen molar-refractivity contribution in [2.24, 2.45) is 5.41 Å². The van der Waals surface area contributed by atoms with Gasteiger partial charge >= 0.3 is 0 Å². The number of anilines is 1. The SMILES string of the molecule is CN1CC(c2ccnc(N)n2)C2(C1)CN(C1CCCc3ccc(F)cc31)C2. The molecule has 1 spiro atoms. The van der Waals surface area contributed by atoms with E-state index in [-0.39, 0.29) is 11.2 Å². The summed E-state index contributed by atoms with van der Waals surface area (Å²) in [6, 6.07) is 7.68. The summed E-state index contributed by atoms with van der Waals surface area (Å²) >= 11 is 0. The zero-order valence-corrected chi connectivity index (χ0v) is 15.7. The molecule has 2 aromatic rings. The van der Waals surface area contributed by atoms with E-state index in [1.54, 1.807) is 18.3 Å². The van der Waals surface area contributed by atoms with E-state index in [0.29, 0.717) is 17.9 Å². The fraction of sp³-hybridized carbons (Fsp3) is 0.524. The highest BCUT2D eigenvalue weighted by Crippen LogP contribution is 2.52. The molecule has 0 bridgehead atoms. The number of benzene rings is 1. The molecule has 2 unspecified atom stereocenters. The van der Waals surface area contributed by atoms with Crippen molar-refractivity contribution < 1.29 is 4.39 Å². The van der Waals surface area contributed by atoms with Crippen LogP contribution in [0.1, 0.15) is 41.6 Å². The first-order valence-electron chi connectivity index (χ1n) is 9.83. The van der Waals surface area contributed by atoms with E-state index in [1.165, 1.54) is 17.5 Å². The Labute approximate surface area is 159 Å². The quantitative estimate of drug-likeness (QED) is 0.884. The van der Waals surface area contributed by atoms with Crippen LogP contribution in [0.2, 0.25) is 0 Å². The van der Waals surface area contributed by atoms with E-state index in [1.807, 2.05) is 12.1 Å². The molecule has 0 radical (unpaired) electrons. The van der Waals surface area contributed by atoms with Gasteiger partial charge in [-0.1, -0.05) is 6.07 Å². The Morgan fingerprint density at radius 2 is 2.07 bits per heavy atom. The molecule has 1 aliphatic carbocycles. The van der Waals surface area contributed by atoms with Gasteiger partial charge in [0.15, 0.2) is 0 Å². The molecule has 142 valence electrons. The van der Waals surface area contributed by atoms with Crippen LogP contribution < -0.4 is 5.73 Å². The second-order valence-electron chi connectivity index (χ2n) is 8.61. The highest BCUT2D eigenvalue weighted by atomic mass is 19.1. The Hall–Kier alpha value is -2.05. The number of fused-ring (bicyclic) bond motifs is 1. The van der Waals surface area contributed by atoms with Crippen molar-refractivity contribution in [1.82, 2.24) is 19.8 Å². The maximum Gasteiger partial charge on any atom is 0.220 e. The zero-order chi connectivity index (χ0) is 18.6. The summed E-state index contributed by atoms with van der Waals surface area (Å²) in [7, 11) is 2.18. The largest absolute Gasteiger partial charge is 0.368 e. The molecule has 1 aromatic heterocycles. The molecule has 6 heteroatoms. The average molecular weight is 367 g/mol. The van der Waals surface area contributed by atoms with Crippen molar-refractivity contribution in [2.75, 3.05) is 39.0 Å². The van der Waals surface area contributed by atoms with Crippen molar-refractivity contribution in [2.45, 2.75) is 31.2 Å². The minimum atomic E-state index is -0.120. The van der Waals surface area contributed by atoms with Gasteiger partial charge in [0.1, 0.15) is 5.82 Å². The van der Waals surface area contributed by atoms with Gasteiger partial charge < -0.3 is 10.6 Å². The molecule has 2 N–H and O–H groups in total. The van der Waals surface area contributed by atoms with E-state index in [2.05, 4.69) is 26.8 Å². The predicted octanol–water partition coefficient (Wildman–Crippen LogP) is 2.61. The van der Waals surface area contributed by atoms with Gasteiger partial charge in [0, 0.05) is 49.8 Å². The van der Waals surface area contributed by atoms with E-state index >= 15 is 0 Å². The molecule has 3 aliphatic rings. The van der Waals surface area contributed by atoms with Crippen molar-refractivity contribution in [3.63, 3.8) is 0 Å². The molecular formula is C21H26FN5. The number of likely N-dealkylation sites (N-methyl/N-ethyl adjacent to an activating group) is 1. The molecule has 2 saturated heterocycles. The van der Waals surface area contributed by atoms with Crippen molar-refractivity contribution in [3.05, 3.63) is 53.1 Å². The molecule has 5 rings (SSSR count). The normalized spacial score (nSPS) is 27.5. The molecular weight excluding hydrogens is 341 g/mol. The summed E-state index contributed by atoms with van der Waals surface area (Å²) in [4.78, 5) is 13.5. The first-order chi connectivity index (χ1) is 13.0. The lowest BCUT2D eigenvalue weighted by Gasteiger charge is -2.55. The number of aromatic nitrogens is 2. The molecule has 5 nitrogen and oxygen atoms in total. The minimum Gasteiger partial charge on any atom is -0.368 e. The first-order valence-corrected chi connectivity index (χ1v) is 9.83. The molecule has 1 aromatic carbocycles. The Kier molecular flexibility index (Phi) is 3.95. The lowest BCUT2D eigenvalue weighted by Crippen LogP contribution is -2.60. The van der Waals surface area contributed by atoms with Crippen LogP contribution in [-0.4, -0.2) is 53.0 Å². The monoisotopic (exact) mass is 367 g/mol. The van der Waals surface area contributed by atoms with E-state index in [9.17, 15) is 4.39 Å². The first kappa shape index (κ1) is 17.1. The number of hydrogen-bond donors (Lipinski definition) is 1. The third-order valence-electron chi connectivity index (χ3n) is 6.74. The molecule has 2 aliphatic heterocycles. The number of hydrogen-bond acceptors (Lipinski definition) is 5. The molecule has 3 heterocycles. The van der Waals surface area contributed by atoms with Crippen LogP contribution in [0.3, 0.4) is 0 Å². The summed E-state index contributed by atoms with van der Waals surface area (Å²) in [5.74, 6) is 0.607. The maximum absolute atomic E-state index is 13.9. The third-order valence-corrected chi connectivity index (χ3v) is 6.74. The van der Waals surface area contributed by atoms with Crippen LogP contribution in [0.5, 0.6) is 0 Å². The number of nitrogens with two attached hydrogens (primary N) is 1. The summed E-state index contributed by atoms with van der Waals surface area (Å²) < 4.78 is 13.9. The second-order valence-corrected chi connectivity index (χ2v) is 8.61. The smallest absolute Gasteiger partial charge is 0.220 e. The number of likely N-dealkylation sites (tertiary alicyclic amines) is 2. The topological polar surface area (TPSA) is 58.3 Å². The fourth-order valence-electron chi connectivity index (χ4n) is 5.64. The van der Waals surface area contributed by atoms with E-state index < -0.39 is 0 Å². The number of rotatable bonds is 2. The lowest BCUT2D eigenvalue weighted by molar-refractivity contribution is -0.0394. The van der Waals surface area contributed by atoms with Crippen LogP contribution >= 0.6 is 0 Å². The Bertz CT molecular complexity index is 863. The van der Waals surface area contributed by atoms with Gasteiger partial charge in [0.05, 0.1) is 5.69 Å². The zero-order valence-electron chi connectivity index (χ0n) is 15.7. The minimum absolute atomic E-state index is 0.120. The van der Waals surface area contributed by atoms with Gasteiger partial charge in [0.2, 0.25) is 5.95 Å². The molecule has 0 amide bonds. The van der Waals surface area contributed by atoms with Gasteiger partial charge in [-0.05, 0) is 55.6 Å². The molecule has 2 fully saturated rings. The second kappa shape index (κ2) is 6.24. The standard InChI is InChI=1S/C21H26FN5/c1-26-10-17(18-7-8-24-20(23)25-18)21(11-26)12-27(13-21)19-4-2-3-14-5-6-15(22)9-16(14)19/h5-9,17,19H,2-4,10-13H2,1H3,(H2,23,24,25). The van der Waals surface area contributed by atoms with Crippen molar-refractivity contribution >= 4 is 5.95 Å². The van der Waals surface area contributed by atoms with Crippen molar-refractivity contribution in [3.8, 4) is 0 Å². The van der Waals surface area contributed by atoms with E-state index in [4.69, 9.17) is 5.73 Å². The van der Waals surface area contributed by atoms with Crippen LogP contribution in [-0.2, 0) is 6.42 Å². The fourth-order valence-corrected chi connectivity index (χ4v) is 5.64. The van der Waals surface area contributed by atoms with Crippen LogP contribution in [0.15, 0.2) is 30.5 Å². The van der Waals surface area contributed by atoms with Gasteiger partial charge in [-0.15, -0.1) is 0 Å². The summed E-state index contributed by atoms with van der Waals surface area (Å²) in [6.07, 6.45) is 5.13. The van der Waals surface area contributed by atoms with Gasteiger partial charge in [-0.25, -0.2) is 14.4 Å².